The molecule has 1 rings (SSSR count). The molecule has 20 heavy (non-hydrogen) atoms. The maximum atomic E-state index is 11.8. The van der Waals surface area contributed by atoms with E-state index in [1.54, 1.807) is 6.92 Å². The first kappa shape index (κ1) is 15.8. The van der Waals surface area contributed by atoms with Gasteiger partial charge in [-0.1, -0.05) is 18.2 Å². The highest BCUT2D eigenvalue weighted by Crippen LogP contribution is 2.13. The van der Waals surface area contributed by atoms with Crippen LogP contribution in [0.2, 0.25) is 0 Å². The number of anilines is 1. The maximum Gasteiger partial charge on any atom is 0.266 e. The molecule has 6 heteroatoms. The predicted molar refractivity (Wildman–Crippen MR) is 77.6 cm³/mol. The standard InChI is InChI=1S/C14H19N3O3/c1-10-6-4-5-7-12(10)15-13(18)8-11(2)16-17-14(19)9-20-3/h4-7H,8-9H2,1-3H3,(H,15,18)(H,17,19)/b16-11-. The molecule has 0 aliphatic rings. The normalized spacial score (nSPS) is 11.1. The number of hydrogen-bond acceptors (Lipinski definition) is 4. The molecular weight excluding hydrogens is 258 g/mol. The van der Waals surface area contributed by atoms with Crippen molar-refractivity contribution in [3.8, 4) is 0 Å². The number of carbonyl (C=O) groups excluding carboxylic acids is 2. The minimum absolute atomic E-state index is 0.0633. The van der Waals surface area contributed by atoms with Gasteiger partial charge in [0.25, 0.3) is 5.91 Å². The minimum atomic E-state index is -0.355. The van der Waals surface area contributed by atoms with E-state index >= 15 is 0 Å². The number of aryl methyl sites for hydroxylation is 1. The minimum Gasteiger partial charge on any atom is -0.375 e. The molecule has 0 bridgehead atoms. The molecule has 0 atom stereocenters. The van der Waals surface area contributed by atoms with E-state index < -0.39 is 0 Å². The number of benzene rings is 1. The number of nitrogens with one attached hydrogen (secondary N) is 2. The van der Waals surface area contributed by atoms with Gasteiger partial charge in [-0.2, -0.15) is 5.10 Å². The Morgan fingerprint density at radius 2 is 1.95 bits per heavy atom. The van der Waals surface area contributed by atoms with Crippen LogP contribution in [0.3, 0.4) is 0 Å². The Kier molecular flexibility index (Phi) is 6.39. The summed E-state index contributed by atoms with van der Waals surface area (Å²) in [7, 11) is 1.42. The van der Waals surface area contributed by atoms with E-state index in [2.05, 4.69) is 20.6 Å². The summed E-state index contributed by atoms with van der Waals surface area (Å²) < 4.78 is 4.65. The third-order valence-corrected chi connectivity index (χ3v) is 2.48. The van der Waals surface area contributed by atoms with Crippen molar-refractivity contribution < 1.29 is 14.3 Å². The second-order valence-corrected chi connectivity index (χ2v) is 4.35. The molecule has 1 aromatic rings. The van der Waals surface area contributed by atoms with Crippen LogP contribution in [0.1, 0.15) is 18.9 Å². The molecule has 2 N–H and O–H groups in total. The smallest absolute Gasteiger partial charge is 0.266 e. The number of hydrogen-bond donors (Lipinski definition) is 2. The zero-order valence-corrected chi connectivity index (χ0v) is 11.9. The summed E-state index contributed by atoms with van der Waals surface area (Å²) in [5.41, 5.74) is 4.58. The van der Waals surface area contributed by atoms with Crippen LogP contribution in [0.4, 0.5) is 5.69 Å². The predicted octanol–water partition coefficient (Wildman–Crippen LogP) is 1.46. The van der Waals surface area contributed by atoms with E-state index in [1.807, 2.05) is 31.2 Å². The number of carbonyl (C=O) groups is 2. The lowest BCUT2D eigenvalue weighted by Crippen LogP contribution is -2.24. The molecule has 0 radical (unpaired) electrons. The average Bonchev–Trinajstić information content (AvgIpc) is 2.39. The van der Waals surface area contributed by atoms with Gasteiger partial charge >= 0.3 is 0 Å². The van der Waals surface area contributed by atoms with Crippen molar-refractivity contribution in [3.05, 3.63) is 29.8 Å². The summed E-state index contributed by atoms with van der Waals surface area (Å²) in [5.74, 6) is -0.535. The molecule has 2 amide bonds. The van der Waals surface area contributed by atoms with Crippen LogP contribution < -0.4 is 10.7 Å². The molecule has 0 unspecified atom stereocenters. The van der Waals surface area contributed by atoms with E-state index in [1.165, 1.54) is 7.11 Å². The van der Waals surface area contributed by atoms with E-state index in [-0.39, 0.29) is 24.8 Å². The Morgan fingerprint density at radius 1 is 1.25 bits per heavy atom. The van der Waals surface area contributed by atoms with Crippen molar-refractivity contribution in [1.82, 2.24) is 5.43 Å². The summed E-state index contributed by atoms with van der Waals surface area (Å²) in [5, 5.41) is 6.62. The molecule has 0 spiro atoms. The Labute approximate surface area is 118 Å². The van der Waals surface area contributed by atoms with Crippen LogP contribution in [0.5, 0.6) is 0 Å². The van der Waals surface area contributed by atoms with Gasteiger partial charge in [0.1, 0.15) is 6.61 Å². The Morgan fingerprint density at radius 3 is 2.60 bits per heavy atom. The lowest BCUT2D eigenvalue weighted by molar-refractivity contribution is -0.124. The van der Waals surface area contributed by atoms with Gasteiger partial charge in [-0.25, -0.2) is 5.43 Å². The van der Waals surface area contributed by atoms with Gasteiger partial charge in [0.05, 0.1) is 6.42 Å². The molecule has 0 heterocycles. The Hall–Kier alpha value is -2.21. The number of methoxy groups -OCH3 is 1. The largest absolute Gasteiger partial charge is 0.375 e. The SMILES string of the molecule is COCC(=O)N/N=C(/C)CC(=O)Nc1ccccc1C. The molecule has 0 fully saturated rings. The molecule has 6 nitrogen and oxygen atoms in total. The van der Waals surface area contributed by atoms with Gasteiger partial charge in [0.15, 0.2) is 0 Å². The fourth-order valence-electron chi connectivity index (χ4n) is 1.50. The number of hydrazone groups is 1. The average molecular weight is 277 g/mol. The van der Waals surface area contributed by atoms with Crippen molar-refractivity contribution >= 4 is 23.2 Å². The summed E-state index contributed by atoms with van der Waals surface area (Å²) in [6.45, 7) is 3.53. The first-order valence-electron chi connectivity index (χ1n) is 6.19. The molecule has 0 saturated carbocycles. The fraction of sp³-hybridized carbons (Fsp3) is 0.357. The Balaban J connectivity index is 2.48. The van der Waals surface area contributed by atoms with Gasteiger partial charge in [-0.3, -0.25) is 9.59 Å². The number of ether oxygens (including phenoxy) is 1. The number of para-hydroxylation sites is 1. The van der Waals surface area contributed by atoms with Crippen LogP contribution in [-0.4, -0.2) is 31.2 Å². The molecule has 0 aromatic heterocycles. The molecule has 1 aromatic carbocycles. The summed E-state index contributed by atoms with van der Waals surface area (Å²) in [6.07, 6.45) is 0.113. The molecule has 0 saturated heterocycles. The van der Waals surface area contributed by atoms with Crippen molar-refractivity contribution in [2.45, 2.75) is 20.3 Å². The summed E-state index contributed by atoms with van der Waals surface area (Å²) >= 11 is 0. The van der Waals surface area contributed by atoms with Crippen LogP contribution in [0.15, 0.2) is 29.4 Å². The van der Waals surface area contributed by atoms with Crippen LogP contribution >= 0.6 is 0 Å². The quantitative estimate of drug-likeness (QED) is 0.610. The summed E-state index contributed by atoms with van der Waals surface area (Å²) in [4.78, 5) is 22.9. The van der Waals surface area contributed by atoms with Crippen LogP contribution in [0, 0.1) is 6.92 Å². The van der Waals surface area contributed by atoms with E-state index in [0.717, 1.165) is 11.3 Å². The van der Waals surface area contributed by atoms with E-state index in [9.17, 15) is 9.59 Å². The maximum absolute atomic E-state index is 11.8. The van der Waals surface area contributed by atoms with Crippen molar-refractivity contribution in [3.63, 3.8) is 0 Å². The Bertz CT molecular complexity index is 512. The molecule has 0 aliphatic heterocycles. The van der Waals surface area contributed by atoms with Crippen molar-refractivity contribution in [2.75, 3.05) is 19.0 Å². The highest BCUT2D eigenvalue weighted by molar-refractivity contribution is 6.05. The topological polar surface area (TPSA) is 79.8 Å². The highest BCUT2D eigenvalue weighted by Gasteiger charge is 2.06. The van der Waals surface area contributed by atoms with Gasteiger partial charge < -0.3 is 10.1 Å². The van der Waals surface area contributed by atoms with Crippen molar-refractivity contribution in [2.24, 2.45) is 5.10 Å². The van der Waals surface area contributed by atoms with Crippen LogP contribution in [0.25, 0.3) is 0 Å². The first-order chi connectivity index (χ1) is 9.52. The molecule has 108 valence electrons. The molecule has 0 aliphatic carbocycles. The summed E-state index contributed by atoms with van der Waals surface area (Å²) in [6, 6.07) is 7.51. The number of amides is 2. The third kappa shape index (κ3) is 5.62. The second kappa shape index (κ2) is 8.06. The lowest BCUT2D eigenvalue weighted by atomic mass is 10.2. The van der Waals surface area contributed by atoms with Gasteiger partial charge in [-0.15, -0.1) is 0 Å². The molecular formula is C14H19N3O3. The monoisotopic (exact) mass is 277 g/mol. The first-order valence-corrected chi connectivity index (χ1v) is 6.19. The zero-order valence-electron chi connectivity index (χ0n) is 11.9. The fourth-order valence-corrected chi connectivity index (χ4v) is 1.50. The number of nitrogens with zero attached hydrogens (tertiary/aromatic N) is 1. The highest BCUT2D eigenvalue weighted by atomic mass is 16.5. The van der Waals surface area contributed by atoms with Crippen molar-refractivity contribution in [1.29, 1.82) is 0 Å². The van der Waals surface area contributed by atoms with Gasteiger partial charge in [-0.05, 0) is 25.5 Å². The van der Waals surface area contributed by atoms with Gasteiger partial charge in [0, 0.05) is 18.5 Å². The zero-order chi connectivity index (χ0) is 15.0. The van der Waals surface area contributed by atoms with Crippen LogP contribution in [-0.2, 0) is 14.3 Å². The van der Waals surface area contributed by atoms with E-state index in [0.29, 0.717) is 5.71 Å². The third-order valence-electron chi connectivity index (χ3n) is 2.48. The van der Waals surface area contributed by atoms with Gasteiger partial charge in [0.2, 0.25) is 5.91 Å². The number of rotatable bonds is 6. The second-order valence-electron chi connectivity index (χ2n) is 4.35. The lowest BCUT2D eigenvalue weighted by Gasteiger charge is -2.07. The van der Waals surface area contributed by atoms with E-state index in [4.69, 9.17) is 0 Å².